The minimum atomic E-state index is -0.910. The standard InChI is InChI=1S/C15H14ClN3O3/c1-8-2-5-12(13(20)6-8)19-15(22)14(21)18-9-3-4-11(17)10(16)7-9/h2-7,20H,17H2,1H3,(H,18,21)(H,19,22). The fraction of sp³-hybridized carbons (Fsp3) is 0.0667. The number of hydrogen-bond acceptors (Lipinski definition) is 4. The fourth-order valence-corrected chi connectivity index (χ4v) is 1.90. The first-order chi connectivity index (χ1) is 10.4. The van der Waals surface area contributed by atoms with Crippen molar-refractivity contribution < 1.29 is 14.7 Å². The van der Waals surface area contributed by atoms with Gasteiger partial charge in [0.15, 0.2) is 0 Å². The van der Waals surface area contributed by atoms with Gasteiger partial charge in [-0.3, -0.25) is 9.59 Å². The Labute approximate surface area is 131 Å². The molecule has 0 aromatic heterocycles. The van der Waals surface area contributed by atoms with E-state index < -0.39 is 11.8 Å². The monoisotopic (exact) mass is 319 g/mol. The number of aryl methyl sites for hydroxylation is 1. The maximum atomic E-state index is 11.8. The van der Waals surface area contributed by atoms with Crippen LogP contribution in [0.1, 0.15) is 5.56 Å². The second-order valence-electron chi connectivity index (χ2n) is 4.67. The number of anilines is 3. The van der Waals surface area contributed by atoms with E-state index in [1.807, 2.05) is 0 Å². The topological polar surface area (TPSA) is 104 Å². The Morgan fingerprint density at radius 3 is 2.41 bits per heavy atom. The molecule has 114 valence electrons. The molecule has 0 aliphatic carbocycles. The van der Waals surface area contributed by atoms with Crippen LogP contribution in [0, 0.1) is 6.92 Å². The fourth-order valence-electron chi connectivity index (χ4n) is 1.72. The highest BCUT2D eigenvalue weighted by molar-refractivity contribution is 6.44. The third-order valence-electron chi connectivity index (χ3n) is 2.87. The second kappa shape index (κ2) is 6.36. The summed E-state index contributed by atoms with van der Waals surface area (Å²) in [5.41, 5.74) is 7.25. The number of aromatic hydroxyl groups is 1. The third-order valence-corrected chi connectivity index (χ3v) is 3.19. The molecule has 6 nitrogen and oxygen atoms in total. The molecular formula is C15H14ClN3O3. The molecule has 0 fully saturated rings. The Morgan fingerprint density at radius 2 is 1.77 bits per heavy atom. The summed E-state index contributed by atoms with van der Waals surface area (Å²) in [7, 11) is 0. The first kappa shape index (κ1) is 15.7. The van der Waals surface area contributed by atoms with Gasteiger partial charge in [0.1, 0.15) is 5.75 Å². The van der Waals surface area contributed by atoms with Gasteiger partial charge in [-0.1, -0.05) is 17.7 Å². The lowest BCUT2D eigenvalue weighted by Gasteiger charge is -2.09. The van der Waals surface area contributed by atoms with E-state index in [0.717, 1.165) is 5.56 Å². The molecule has 0 heterocycles. The summed E-state index contributed by atoms with van der Waals surface area (Å²) in [5, 5.41) is 14.7. The summed E-state index contributed by atoms with van der Waals surface area (Å²) in [4.78, 5) is 23.6. The number of rotatable bonds is 2. The zero-order valence-corrected chi connectivity index (χ0v) is 12.4. The molecule has 2 rings (SSSR count). The van der Waals surface area contributed by atoms with Gasteiger partial charge in [0.25, 0.3) is 0 Å². The third kappa shape index (κ3) is 3.67. The van der Waals surface area contributed by atoms with E-state index >= 15 is 0 Å². The number of phenols is 1. The lowest BCUT2D eigenvalue weighted by Crippen LogP contribution is -2.29. The van der Waals surface area contributed by atoms with E-state index in [9.17, 15) is 14.7 Å². The lowest BCUT2D eigenvalue weighted by atomic mass is 10.2. The molecule has 7 heteroatoms. The molecule has 0 spiro atoms. The first-order valence-electron chi connectivity index (χ1n) is 6.34. The Hall–Kier alpha value is -2.73. The van der Waals surface area contributed by atoms with Crippen LogP contribution >= 0.6 is 11.6 Å². The highest BCUT2D eigenvalue weighted by atomic mass is 35.5. The normalized spacial score (nSPS) is 10.1. The molecular weight excluding hydrogens is 306 g/mol. The summed E-state index contributed by atoms with van der Waals surface area (Å²) in [6.45, 7) is 1.79. The summed E-state index contributed by atoms with van der Waals surface area (Å²) < 4.78 is 0. The maximum absolute atomic E-state index is 11.8. The minimum Gasteiger partial charge on any atom is -0.506 e. The zero-order chi connectivity index (χ0) is 16.3. The van der Waals surface area contributed by atoms with Gasteiger partial charge in [0, 0.05) is 5.69 Å². The van der Waals surface area contributed by atoms with Crippen molar-refractivity contribution in [2.24, 2.45) is 0 Å². The first-order valence-corrected chi connectivity index (χ1v) is 6.71. The number of benzene rings is 2. The molecule has 2 aromatic rings. The predicted octanol–water partition coefficient (Wildman–Crippen LogP) is 2.51. The van der Waals surface area contributed by atoms with Crippen molar-refractivity contribution >= 4 is 40.5 Å². The highest BCUT2D eigenvalue weighted by Gasteiger charge is 2.16. The molecule has 0 radical (unpaired) electrons. The Bertz CT molecular complexity index is 747. The smallest absolute Gasteiger partial charge is 0.314 e. The average Bonchev–Trinajstić information content (AvgIpc) is 2.45. The van der Waals surface area contributed by atoms with E-state index in [0.29, 0.717) is 11.4 Å². The van der Waals surface area contributed by atoms with Crippen molar-refractivity contribution in [2.75, 3.05) is 16.4 Å². The van der Waals surface area contributed by atoms with Crippen LogP contribution in [0.2, 0.25) is 5.02 Å². The van der Waals surface area contributed by atoms with Crippen LogP contribution in [0.15, 0.2) is 36.4 Å². The van der Waals surface area contributed by atoms with E-state index in [4.69, 9.17) is 17.3 Å². The molecule has 22 heavy (non-hydrogen) atoms. The van der Waals surface area contributed by atoms with E-state index in [1.54, 1.807) is 13.0 Å². The molecule has 0 aliphatic rings. The number of nitrogens with two attached hydrogens (primary N) is 1. The number of phenolic OH excluding ortho intramolecular Hbond substituents is 1. The molecule has 0 saturated carbocycles. The summed E-state index contributed by atoms with van der Waals surface area (Å²) in [6, 6.07) is 9.17. The molecule has 2 amide bonds. The zero-order valence-electron chi connectivity index (χ0n) is 11.7. The summed E-state index contributed by atoms with van der Waals surface area (Å²) >= 11 is 5.83. The van der Waals surface area contributed by atoms with Crippen LogP contribution in [0.25, 0.3) is 0 Å². The van der Waals surface area contributed by atoms with Crippen LogP contribution < -0.4 is 16.4 Å². The van der Waals surface area contributed by atoms with Gasteiger partial charge >= 0.3 is 11.8 Å². The number of nitrogens with one attached hydrogen (secondary N) is 2. The predicted molar refractivity (Wildman–Crippen MR) is 86.0 cm³/mol. The van der Waals surface area contributed by atoms with Crippen molar-refractivity contribution in [1.82, 2.24) is 0 Å². The van der Waals surface area contributed by atoms with Gasteiger partial charge in [-0.05, 0) is 42.8 Å². The number of halogens is 1. The number of hydrogen-bond donors (Lipinski definition) is 4. The van der Waals surface area contributed by atoms with Crippen LogP contribution in [-0.4, -0.2) is 16.9 Å². The summed E-state index contributed by atoms with van der Waals surface area (Å²) in [6.07, 6.45) is 0. The average molecular weight is 320 g/mol. The van der Waals surface area contributed by atoms with Gasteiger partial charge in [-0.25, -0.2) is 0 Å². The molecule has 0 bridgehead atoms. The molecule has 0 atom stereocenters. The van der Waals surface area contributed by atoms with E-state index in [1.165, 1.54) is 30.3 Å². The number of carbonyl (C=O) groups excluding carboxylic acids is 2. The Balaban J connectivity index is 2.05. The van der Waals surface area contributed by atoms with Crippen molar-refractivity contribution in [2.45, 2.75) is 6.92 Å². The SMILES string of the molecule is Cc1ccc(NC(=O)C(=O)Nc2ccc(N)c(Cl)c2)c(O)c1. The van der Waals surface area contributed by atoms with Crippen LogP contribution in [0.4, 0.5) is 17.1 Å². The van der Waals surface area contributed by atoms with Gasteiger partial charge in [-0.15, -0.1) is 0 Å². The van der Waals surface area contributed by atoms with Gasteiger partial charge < -0.3 is 21.5 Å². The Kier molecular flexibility index (Phi) is 4.53. The largest absolute Gasteiger partial charge is 0.506 e. The lowest BCUT2D eigenvalue weighted by molar-refractivity contribution is -0.133. The molecule has 2 aromatic carbocycles. The van der Waals surface area contributed by atoms with E-state index in [-0.39, 0.29) is 16.5 Å². The van der Waals surface area contributed by atoms with Gasteiger partial charge in [-0.2, -0.15) is 0 Å². The molecule has 5 N–H and O–H groups in total. The van der Waals surface area contributed by atoms with Crippen LogP contribution in [0.5, 0.6) is 5.75 Å². The number of carbonyl (C=O) groups is 2. The maximum Gasteiger partial charge on any atom is 0.314 e. The number of amides is 2. The van der Waals surface area contributed by atoms with Crippen molar-refractivity contribution in [3.63, 3.8) is 0 Å². The van der Waals surface area contributed by atoms with Crippen LogP contribution in [-0.2, 0) is 9.59 Å². The number of nitrogen functional groups attached to an aromatic ring is 1. The quantitative estimate of drug-likeness (QED) is 0.388. The van der Waals surface area contributed by atoms with Gasteiger partial charge in [0.05, 0.1) is 16.4 Å². The van der Waals surface area contributed by atoms with Crippen LogP contribution in [0.3, 0.4) is 0 Å². The van der Waals surface area contributed by atoms with Crippen molar-refractivity contribution in [1.29, 1.82) is 0 Å². The second-order valence-corrected chi connectivity index (χ2v) is 5.07. The summed E-state index contributed by atoms with van der Waals surface area (Å²) in [5.74, 6) is -1.91. The van der Waals surface area contributed by atoms with Gasteiger partial charge in [0.2, 0.25) is 0 Å². The Morgan fingerprint density at radius 1 is 1.09 bits per heavy atom. The van der Waals surface area contributed by atoms with Crippen molar-refractivity contribution in [3.05, 3.63) is 47.0 Å². The molecule has 0 unspecified atom stereocenters. The molecule has 0 aliphatic heterocycles. The minimum absolute atomic E-state index is 0.114. The highest BCUT2D eigenvalue weighted by Crippen LogP contribution is 2.24. The van der Waals surface area contributed by atoms with E-state index in [2.05, 4.69) is 10.6 Å². The van der Waals surface area contributed by atoms with Crippen molar-refractivity contribution in [3.8, 4) is 5.75 Å². The molecule has 0 saturated heterocycles.